The van der Waals surface area contributed by atoms with Crippen LogP contribution in [0.3, 0.4) is 0 Å². The molecule has 1 aliphatic rings. The van der Waals surface area contributed by atoms with Gasteiger partial charge in [-0.05, 0) is 24.2 Å². The Bertz CT molecular complexity index is 156. The Labute approximate surface area is 81.3 Å². The molecule has 0 heterocycles. The molecule has 2 atom stereocenters. The normalized spacial score (nSPS) is 23.8. The molecule has 0 aliphatic heterocycles. The average molecular weight is 186 g/mol. The van der Waals surface area contributed by atoms with Crippen molar-refractivity contribution < 1.29 is 9.84 Å². The van der Waals surface area contributed by atoms with Gasteiger partial charge in [0.05, 0.1) is 12.2 Å². The maximum absolute atomic E-state index is 10.0. The van der Waals surface area contributed by atoms with E-state index >= 15 is 0 Å². The molecule has 0 aromatic heterocycles. The van der Waals surface area contributed by atoms with Crippen molar-refractivity contribution in [3.05, 3.63) is 0 Å². The third kappa shape index (κ3) is 2.44. The molecule has 1 rings (SSSR count). The highest BCUT2D eigenvalue weighted by Crippen LogP contribution is 2.36. The van der Waals surface area contributed by atoms with Gasteiger partial charge in [-0.1, -0.05) is 27.2 Å². The minimum Gasteiger partial charge on any atom is -0.390 e. The lowest BCUT2D eigenvalue weighted by Crippen LogP contribution is -2.45. The molecule has 0 saturated heterocycles. The maximum Gasteiger partial charge on any atom is 0.0880 e. The lowest BCUT2D eigenvalue weighted by Gasteiger charge is -2.40. The largest absolute Gasteiger partial charge is 0.390 e. The highest BCUT2D eigenvalue weighted by molar-refractivity contribution is 4.88. The van der Waals surface area contributed by atoms with Crippen molar-refractivity contribution in [2.45, 2.75) is 52.2 Å². The minimum absolute atomic E-state index is 0.0298. The van der Waals surface area contributed by atoms with Crippen LogP contribution in [0.25, 0.3) is 0 Å². The van der Waals surface area contributed by atoms with Gasteiger partial charge >= 0.3 is 0 Å². The summed E-state index contributed by atoms with van der Waals surface area (Å²) in [4.78, 5) is 0. The fourth-order valence-corrected chi connectivity index (χ4v) is 2.03. The van der Waals surface area contributed by atoms with Crippen LogP contribution in [0.1, 0.15) is 40.0 Å². The van der Waals surface area contributed by atoms with Gasteiger partial charge in [-0.3, -0.25) is 0 Å². The van der Waals surface area contributed by atoms with Crippen molar-refractivity contribution >= 4 is 0 Å². The van der Waals surface area contributed by atoms with Crippen molar-refractivity contribution in [3.63, 3.8) is 0 Å². The van der Waals surface area contributed by atoms with Gasteiger partial charge in [0.1, 0.15) is 0 Å². The van der Waals surface area contributed by atoms with Gasteiger partial charge in [-0.2, -0.15) is 0 Å². The summed E-state index contributed by atoms with van der Waals surface area (Å²) < 4.78 is 5.38. The molecule has 2 unspecified atom stereocenters. The number of ether oxygens (including phenoxy) is 1. The van der Waals surface area contributed by atoms with Crippen LogP contribution in [-0.4, -0.2) is 24.4 Å². The number of hydrogen-bond donors (Lipinski definition) is 1. The second-order valence-electron chi connectivity index (χ2n) is 5.20. The van der Waals surface area contributed by atoms with Gasteiger partial charge in [-0.25, -0.2) is 0 Å². The maximum atomic E-state index is 10.0. The van der Waals surface area contributed by atoms with Crippen LogP contribution < -0.4 is 0 Å². The summed E-state index contributed by atoms with van der Waals surface area (Å²) in [6, 6.07) is 0. The summed E-state index contributed by atoms with van der Waals surface area (Å²) in [6.45, 7) is 6.34. The van der Waals surface area contributed by atoms with Crippen LogP contribution in [0.2, 0.25) is 0 Å². The van der Waals surface area contributed by atoms with Gasteiger partial charge in [0.25, 0.3) is 0 Å². The number of methoxy groups -OCH3 is 1. The molecular formula is C11H22O2. The monoisotopic (exact) mass is 186 g/mol. The lowest BCUT2D eigenvalue weighted by molar-refractivity contribution is -0.105. The molecule has 2 heteroatoms. The van der Waals surface area contributed by atoms with E-state index in [1.165, 1.54) is 6.42 Å². The van der Waals surface area contributed by atoms with E-state index in [9.17, 15) is 5.11 Å². The molecule has 1 N–H and O–H groups in total. The van der Waals surface area contributed by atoms with E-state index < -0.39 is 0 Å². The van der Waals surface area contributed by atoms with Crippen LogP contribution >= 0.6 is 0 Å². The predicted octanol–water partition coefficient (Wildman–Crippen LogP) is 2.21. The van der Waals surface area contributed by atoms with E-state index in [4.69, 9.17) is 4.74 Å². The zero-order chi connectivity index (χ0) is 10.1. The first-order chi connectivity index (χ1) is 5.96. The molecule has 1 fully saturated rings. The molecule has 78 valence electrons. The summed E-state index contributed by atoms with van der Waals surface area (Å²) in [6.07, 6.45) is 3.29. The molecule has 0 aromatic carbocycles. The van der Waals surface area contributed by atoms with Crippen molar-refractivity contribution in [2.75, 3.05) is 7.11 Å². The van der Waals surface area contributed by atoms with E-state index in [0.717, 1.165) is 12.8 Å². The van der Waals surface area contributed by atoms with Gasteiger partial charge in [0.15, 0.2) is 0 Å². The second kappa shape index (κ2) is 3.97. The standard InChI is InChI=1S/C11H22O2/c1-11(2,3)10(13-4)9(12)8-6-5-7-8/h8-10,12H,5-7H2,1-4H3. The van der Waals surface area contributed by atoms with Crippen molar-refractivity contribution in [2.24, 2.45) is 11.3 Å². The SMILES string of the molecule is COC(C(O)C1CCC1)C(C)(C)C. The van der Waals surface area contributed by atoms with E-state index in [-0.39, 0.29) is 17.6 Å². The Hall–Kier alpha value is -0.0800. The second-order valence-corrected chi connectivity index (χ2v) is 5.20. The number of aliphatic hydroxyl groups is 1. The Morgan fingerprint density at radius 1 is 1.31 bits per heavy atom. The Morgan fingerprint density at radius 3 is 2.08 bits per heavy atom. The lowest BCUT2D eigenvalue weighted by atomic mass is 9.73. The Morgan fingerprint density at radius 2 is 1.85 bits per heavy atom. The first-order valence-electron chi connectivity index (χ1n) is 5.17. The van der Waals surface area contributed by atoms with Gasteiger partial charge in [0, 0.05) is 7.11 Å². The topological polar surface area (TPSA) is 29.5 Å². The third-order valence-corrected chi connectivity index (χ3v) is 3.05. The third-order valence-electron chi connectivity index (χ3n) is 3.05. The highest BCUT2D eigenvalue weighted by Gasteiger charge is 2.37. The van der Waals surface area contributed by atoms with Crippen molar-refractivity contribution in [3.8, 4) is 0 Å². The fourth-order valence-electron chi connectivity index (χ4n) is 2.03. The molecule has 0 amide bonds. The van der Waals surface area contributed by atoms with Gasteiger partial charge in [-0.15, -0.1) is 0 Å². The number of hydrogen-bond acceptors (Lipinski definition) is 2. The molecule has 13 heavy (non-hydrogen) atoms. The van der Waals surface area contributed by atoms with E-state index in [0.29, 0.717) is 5.92 Å². The molecule has 0 radical (unpaired) electrons. The summed E-state index contributed by atoms with van der Waals surface area (Å²) in [5.41, 5.74) is 0.0315. The Balaban J connectivity index is 2.54. The molecule has 1 saturated carbocycles. The fraction of sp³-hybridized carbons (Fsp3) is 1.00. The Kier molecular flexibility index (Phi) is 3.36. The summed E-state index contributed by atoms with van der Waals surface area (Å²) in [5, 5.41) is 10.0. The van der Waals surface area contributed by atoms with Crippen LogP contribution in [0, 0.1) is 11.3 Å². The molecule has 0 spiro atoms. The van der Waals surface area contributed by atoms with Gasteiger partial charge < -0.3 is 9.84 Å². The average Bonchev–Trinajstić information content (AvgIpc) is 1.80. The van der Waals surface area contributed by atoms with Crippen LogP contribution in [0.4, 0.5) is 0 Å². The zero-order valence-corrected chi connectivity index (χ0v) is 9.21. The number of rotatable bonds is 3. The predicted molar refractivity (Wildman–Crippen MR) is 53.6 cm³/mol. The van der Waals surface area contributed by atoms with E-state index in [1.807, 2.05) is 0 Å². The van der Waals surface area contributed by atoms with Gasteiger partial charge in [0.2, 0.25) is 0 Å². The minimum atomic E-state index is -0.279. The molecule has 0 aromatic rings. The molecule has 1 aliphatic carbocycles. The summed E-state index contributed by atoms with van der Waals surface area (Å²) in [7, 11) is 1.69. The quantitative estimate of drug-likeness (QED) is 0.732. The first kappa shape index (κ1) is 11.0. The number of aliphatic hydroxyl groups excluding tert-OH is 1. The van der Waals surface area contributed by atoms with Crippen LogP contribution in [0.15, 0.2) is 0 Å². The molecule has 0 bridgehead atoms. The van der Waals surface area contributed by atoms with E-state index in [1.54, 1.807) is 7.11 Å². The smallest absolute Gasteiger partial charge is 0.0880 e. The molecule has 2 nitrogen and oxygen atoms in total. The van der Waals surface area contributed by atoms with Crippen LogP contribution in [-0.2, 0) is 4.74 Å². The summed E-state index contributed by atoms with van der Waals surface area (Å²) in [5.74, 6) is 0.476. The van der Waals surface area contributed by atoms with Crippen molar-refractivity contribution in [1.29, 1.82) is 0 Å². The van der Waals surface area contributed by atoms with Crippen LogP contribution in [0.5, 0.6) is 0 Å². The summed E-state index contributed by atoms with van der Waals surface area (Å²) >= 11 is 0. The molecular weight excluding hydrogens is 164 g/mol. The van der Waals surface area contributed by atoms with Crippen molar-refractivity contribution in [1.82, 2.24) is 0 Å². The highest BCUT2D eigenvalue weighted by atomic mass is 16.5. The first-order valence-corrected chi connectivity index (χ1v) is 5.17. The zero-order valence-electron chi connectivity index (χ0n) is 9.21. The van der Waals surface area contributed by atoms with E-state index in [2.05, 4.69) is 20.8 Å².